The van der Waals surface area contributed by atoms with Gasteiger partial charge in [0.2, 0.25) is 11.7 Å². The van der Waals surface area contributed by atoms with Crippen molar-refractivity contribution in [2.24, 2.45) is 5.73 Å². The molecule has 0 aromatic carbocycles. The summed E-state index contributed by atoms with van der Waals surface area (Å²) in [6.07, 6.45) is 7.66. The third-order valence-corrected chi connectivity index (χ3v) is 4.65. The fourth-order valence-electron chi connectivity index (χ4n) is 2.96. The Labute approximate surface area is 121 Å². The van der Waals surface area contributed by atoms with Crippen molar-refractivity contribution >= 4 is 0 Å². The van der Waals surface area contributed by atoms with Gasteiger partial charge in [0, 0.05) is 13.2 Å². The van der Waals surface area contributed by atoms with Gasteiger partial charge in [-0.25, -0.2) is 0 Å². The molecule has 1 heterocycles. The second kappa shape index (κ2) is 6.68. The van der Waals surface area contributed by atoms with Gasteiger partial charge in [-0.05, 0) is 19.3 Å². The first kappa shape index (κ1) is 15.4. The molecular weight excluding hydrogens is 254 g/mol. The van der Waals surface area contributed by atoms with E-state index in [9.17, 15) is 0 Å². The van der Waals surface area contributed by atoms with E-state index < -0.39 is 0 Å². The Hall–Kier alpha value is -0.940. The molecule has 5 heteroatoms. The number of rotatable bonds is 5. The van der Waals surface area contributed by atoms with Crippen molar-refractivity contribution in [2.45, 2.75) is 76.4 Å². The average Bonchev–Trinajstić information content (AvgIpc) is 2.85. The zero-order valence-corrected chi connectivity index (χ0v) is 12.9. The molecule has 2 N–H and O–H groups in total. The van der Waals surface area contributed by atoms with Crippen LogP contribution in [0.4, 0.5) is 0 Å². The smallest absolute Gasteiger partial charge is 0.231 e. The topological polar surface area (TPSA) is 74.2 Å². The van der Waals surface area contributed by atoms with Crippen LogP contribution in [0.1, 0.15) is 76.4 Å². The molecule has 5 nitrogen and oxygen atoms in total. The van der Waals surface area contributed by atoms with Gasteiger partial charge in [-0.2, -0.15) is 4.98 Å². The van der Waals surface area contributed by atoms with Gasteiger partial charge in [0.1, 0.15) is 5.60 Å². The summed E-state index contributed by atoms with van der Waals surface area (Å²) in [6.45, 7) is 4.11. The van der Waals surface area contributed by atoms with E-state index in [2.05, 4.69) is 17.1 Å². The first-order chi connectivity index (χ1) is 9.63. The van der Waals surface area contributed by atoms with E-state index in [4.69, 9.17) is 15.0 Å². The monoisotopic (exact) mass is 281 g/mol. The third kappa shape index (κ3) is 3.04. The first-order valence-electron chi connectivity index (χ1n) is 7.78. The van der Waals surface area contributed by atoms with Crippen LogP contribution < -0.4 is 5.73 Å². The van der Waals surface area contributed by atoms with Crippen molar-refractivity contribution in [3.63, 3.8) is 0 Å². The van der Waals surface area contributed by atoms with Crippen LogP contribution in [0.2, 0.25) is 0 Å². The van der Waals surface area contributed by atoms with E-state index in [1.54, 1.807) is 7.11 Å². The molecule has 2 unspecified atom stereocenters. The van der Waals surface area contributed by atoms with Crippen LogP contribution in [0.15, 0.2) is 4.52 Å². The van der Waals surface area contributed by atoms with Gasteiger partial charge in [-0.3, -0.25) is 0 Å². The lowest BCUT2D eigenvalue weighted by Gasteiger charge is -2.27. The minimum absolute atomic E-state index is 0.0518. The SMILES string of the molecule is CCC(N)C(C)c1nc(C2(OC)CCCCCC2)no1. The Kier molecular flexibility index (Phi) is 5.16. The van der Waals surface area contributed by atoms with Crippen molar-refractivity contribution in [3.8, 4) is 0 Å². The lowest BCUT2D eigenvalue weighted by molar-refractivity contribution is -0.0365. The Bertz CT molecular complexity index is 411. The maximum absolute atomic E-state index is 6.07. The van der Waals surface area contributed by atoms with Crippen molar-refractivity contribution in [1.82, 2.24) is 10.1 Å². The number of nitrogens with two attached hydrogens (primary N) is 1. The molecule has 1 fully saturated rings. The summed E-state index contributed by atoms with van der Waals surface area (Å²) in [5, 5.41) is 4.20. The second-order valence-corrected chi connectivity index (χ2v) is 5.93. The molecule has 2 rings (SSSR count). The average molecular weight is 281 g/mol. The van der Waals surface area contributed by atoms with Crippen molar-refractivity contribution < 1.29 is 9.26 Å². The standard InChI is InChI=1S/C15H27N3O2/c1-4-12(16)11(2)13-17-14(18-20-13)15(19-3)9-7-5-6-8-10-15/h11-12H,4-10,16H2,1-3H3. The third-order valence-electron chi connectivity index (χ3n) is 4.65. The molecule has 2 atom stereocenters. The van der Waals surface area contributed by atoms with Gasteiger partial charge < -0.3 is 15.0 Å². The summed E-state index contributed by atoms with van der Waals surface area (Å²) in [5.74, 6) is 1.42. The molecule has 20 heavy (non-hydrogen) atoms. The van der Waals surface area contributed by atoms with Crippen LogP contribution in [0.3, 0.4) is 0 Å². The maximum atomic E-state index is 6.07. The summed E-state index contributed by atoms with van der Waals surface area (Å²) in [7, 11) is 1.75. The number of ether oxygens (including phenoxy) is 1. The molecule has 1 aromatic heterocycles. The fraction of sp³-hybridized carbons (Fsp3) is 0.867. The molecule has 1 aliphatic carbocycles. The van der Waals surface area contributed by atoms with Crippen molar-refractivity contribution in [3.05, 3.63) is 11.7 Å². The molecule has 0 aliphatic heterocycles. The minimum Gasteiger partial charge on any atom is -0.370 e. The fourth-order valence-corrected chi connectivity index (χ4v) is 2.96. The Balaban J connectivity index is 2.21. The van der Waals surface area contributed by atoms with Gasteiger partial charge in [0.25, 0.3) is 0 Å². The number of hydrogen-bond donors (Lipinski definition) is 1. The molecular formula is C15H27N3O2. The highest BCUT2D eigenvalue weighted by Crippen LogP contribution is 2.37. The Morgan fingerprint density at radius 3 is 2.50 bits per heavy atom. The van der Waals surface area contributed by atoms with Crippen molar-refractivity contribution in [2.75, 3.05) is 7.11 Å². The molecule has 0 spiro atoms. The van der Waals surface area contributed by atoms with Crippen LogP contribution in [-0.4, -0.2) is 23.3 Å². The lowest BCUT2D eigenvalue weighted by atomic mass is 9.93. The Morgan fingerprint density at radius 2 is 1.95 bits per heavy atom. The number of aromatic nitrogens is 2. The zero-order valence-electron chi connectivity index (χ0n) is 12.9. The quantitative estimate of drug-likeness (QED) is 0.839. The predicted octanol–water partition coefficient (Wildman–Crippen LogP) is 3.11. The normalized spacial score (nSPS) is 22.2. The summed E-state index contributed by atoms with van der Waals surface area (Å²) < 4.78 is 11.3. The Morgan fingerprint density at radius 1 is 1.30 bits per heavy atom. The molecule has 1 aromatic rings. The van der Waals surface area contributed by atoms with Gasteiger partial charge in [0.05, 0.1) is 5.92 Å². The van der Waals surface area contributed by atoms with Crippen LogP contribution in [-0.2, 0) is 10.3 Å². The highest BCUT2D eigenvalue weighted by atomic mass is 16.5. The summed E-state index contributed by atoms with van der Waals surface area (Å²) in [5.41, 5.74) is 5.70. The number of hydrogen-bond acceptors (Lipinski definition) is 5. The highest BCUT2D eigenvalue weighted by molar-refractivity contribution is 5.05. The zero-order chi connectivity index (χ0) is 14.6. The molecule has 0 bridgehead atoms. The van der Waals surface area contributed by atoms with E-state index in [-0.39, 0.29) is 17.6 Å². The molecule has 1 saturated carbocycles. The second-order valence-electron chi connectivity index (χ2n) is 5.93. The molecule has 0 saturated heterocycles. The van der Waals surface area contributed by atoms with E-state index in [0.717, 1.165) is 32.1 Å². The minimum atomic E-state index is -0.367. The van der Waals surface area contributed by atoms with E-state index >= 15 is 0 Å². The summed E-state index contributed by atoms with van der Waals surface area (Å²) in [4.78, 5) is 4.60. The van der Waals surface area contributed by atoms with Crippen molar-refractivity contribution in [1.29, 1.82) is 0 Å². The van der Waals surface area contributed by atoms with Gasteiger partial charge in [0.15, 0.2) is 0 Å². The van der Waals surface area contributed by atoms with Crippen LogP contribution >= 0.6 is 0 Å². The van der Waals surface area contributed by atoms with Crippen LogP contribution in [0, 0.1) is 0 Å². The molecule has 1 aliphatic rings. The summed E-state index contributed by atoms with van der Waals surface area (Å²) in [6, 6.07) is 0.0518. The predicted molar refractivity (Wildman–Crippen MR) is 77.4 cm³/mol. The highest BCUT2D eigenvalue weighted by Gasteiger charge is 2.38. The van der Waals surface area contributed by atoms with E-state index in [1.807, 2.05) is 6.92 Å². The lowest BCUT2D eigenvalue weighted by Crippen LogP contribution is -2.30. The van der Waals surface area contributed by atoms with Crippen LogP contribution in [0.25, 0.3) is 0 Å². The van der Waals surface area contributed by atoms with Crippen LogP contribution in [0.5, 0.6) is 0 Å². The maximum Gasteiger partial charge on any atom is 0.231 e. The number of nitrogens with zero attached hydrogens (tertiary/aromatic N) is 2. The molecule has 0 amide bonds. The number of methoxy groups -OCH3 is 1. The largest absolute Gasteiger partial charge is 0.370 e. The van der Waals surface area contributed by atoms with Gasteiger partial charge >= 0.3 is 0 Å². The first-order valence-corrected chi connectivity index (χ1v) is 7.78. The molecule has 114 valence electrons. The van der Waals surface area contributed by atoms with Gasteiger partial charge in [-0.15, -0.1) is 0 Å². The van der Waals surface area contributed by atoms with E-state index in [0.29, 0.717) is 11.7 Å². The van der Waals surface area contributed by atoms with Gasteiger partial charge in [-0.1, -0.05) is 44.7 Å². The molecule has 0 radical (unpaired) electrons. The summed E-state index contributed by atoms with van der Waals surface area (Å²) >= 11 is 0. The van der Waals surface area contributed by atoms with E-state index in [1.165, 1.54) is 12.8 Å².